The summed E-state index contributed by atoms with van der Waals surface area (Å²) >= 11 is 0. The molecular formula is C21H35N5O9. The second-order valence-corrected chi connectivity index (χ2v) is 7.46. The number of nitrogens with zero attached hydrogens (tertiary/aromatic N) is 1. The van der Waals surface area contributed by atoms with Gasteiger partial charge in [-0.2, -0.15) is 0 Å². The number of hydrogen-bond acceptors (Lipinski definition) is 5. The van der Waals surface area contributed by atoms with Crippen LogP contribution >= 0.6 is 0 Å². The van der Waals surface area contributed by atoms with E-state index in [1.54, 1.807) is 36.5 Å². The van der Waals surface area contributed by atoms with Gasteiger partial charge in [-0.05, 0) is 24.5 Å². The highest BCUT2D eigenvalue weighted by Crippen LogP contribution is 2.07. The van der Waals surface area contributed by atoms with Gasteiger partial charge in [-0.25, -0.2) is 9.78 Å². The average molecular weight is 502 g/mol. The molecule has 0 aliphatic heterocycles. The number of rotatable bonds is 11. The number of carboxylic acid groups (broad SMARTS) is 1. The van der Waals surface area contributed by atoms with E-state index in [2.05, 4.69) is 25.9 Å². The van der Waals surface area contributed by atoms with Crippen molar-refractivity contribution >= 4 is 23.7 Å². The lowest BCUT2D eigenvalue weighted by Crippen LogP contribution is -2.54. The number of benzene rings is 1. The summed E-state index contributed by atoms with van der Waals surface area (Å²) in [5, 5.41) is 16.9. The van der Waals surface area contributed by atoms with Gasteiger partial charge in [-0.15, -0.1) is 0 Å². The quantitative estimate of drug-likeness (QED) is 0.216. The lowest BCUT2D eigenvalue weighted by atomic mass is 10.0. The predicted octanol–water partition coefficient (Wildman–Crippen LogP) is -2.82. The Balaban J connectivity index is -0.00000256. The highest BCUT2D eigenvalue weighted by Gasteiger charge is 2.27. The molecule has 1 heterocycles. The molecule has 0 aliphatic rings. The molecule has 1 aromatic heterocycles. The number of aliphatic carboxylic acids is 1. The molecule has 1 aromatic carbocycles. The fourth-order valence-electron chi connectivity index (χ4n) is 2.88. The van der Waals surface area contributed by atoms with Crippen molar-refractivity contribution in [1.82, 2.24) is 25.9 Å². The van der Waals surface area contributed by atoms with Crippen molar-refractivity contribution in [2.45, 2.75) is 38.8 Å². The van der Waals surface area contributed by atoms with Crippen LogP contribution in [0.25, 0.3) is 0 Å². The van der Waals surface area contributed by atoms with E-state index in [9.17, 15) is 24.3 Å². The Hall–Kier alpha value is -3.85. The van der Waals surface area contributed by atoms with Crippen molar-refractivity contribution in [2.75, 3.05) is 6.54 Å². The second kappa shape index (κ2) is 17.6. The Kier molecular flexibility index (Phi) is 18.0. The van der Waals surface area contributed by atoms with Crippen LogP contribution in [0.15, 0.2) is 42.9 Å². The number of carbonyl (C=O) groups excluding carboxylic acids is 3. The Morgan fingerprint density at radius 1 is 0.971 bits per heavy atom. The molecule has 0 bridgehead atoms. The smallest absolute Gasteiger partial charge is 0.326 e. The number of amides is 3. The van der Waals surface area contributed by atoms with Gasteiger partial charge in [-0.1, -0.05) is 32.0 Å². The van der Waals surface area contributed by atoms with Crippen molar-refractivity contribution in [3.8, 4) is 0 Å². The maximum Gasteiger partial charge on any atom is 0.326 e. The second-order valence-electron chi connectivity index (χ2n) is 7.46. The molecule has 35 heavy (non-hydrogen) atoms. The minimum absolute atomic E-state index is 0. The summed E-state index contributed by atoms with van der Waals surface area (Å²) in [6.07, 6.45) is 3.32. The van der Waals surface area contributed by atoms with Crippen molar-refractivity contribution in [2.24, 2.45) is 5.92 Å². The van der Waals surface area contributed by atoms with Gasteiger partial charge in [0, 0.05) is 18.2 Å². The van der Waals surface area contributed by atoms with Crippen molar-refractivity contribution in [3.05, 3.63) is 54.1 Å². The monoisotopic (exact) mass is 501 g/mol. The van der Waals surface area contributed by atoms with E-state index in [4.69, 9.17) is 0 Å². The van der Waals surface area contributed by atoms with Crippen LogP contribution in [-0.4, -0.2) is 79.3 Å². The lowest BCUT2D eigenvalue weighted by molar-refractivity contribution is -0.142. The Labute approximate surface area is 201 Å². The molecule has 13 N–H and O–H groups in total. The molecule has 14 nitrogen and oxygen atoms in total. The first kappa shape index (κ1) is 35.7. The van der Waals surface area contributed by atoms with Crippen LogP contribution < -0.4 is 16.0 Å². The van der Waals surface area contributed by atoms with E-state index in [1.807, 2.05) is 13.8 Å². The summed E-state index contributed by atoms with van der Waals surface area (Å²) in [4.78, 5) is 55.5. The molecule has 3 amide bonds. The van der Waals surface area contributed by atoms with Gasteiger partial charge in [-0.3, -0.25) is 14.4 Å². The summed E-state index contributed by atoms with van der Waals surface area (Å²) < 4.78 is 0. The summed E-state index contributed by atoms with van der Waals surface area (Å²) in [5.41, 5.74) is 0.920. The minimum Gasteiger partial charge on any atom is -0.480 e. The molecular weight excluding hydrogens is 466 g/mol. The van der Waals surface area contributed by atoms with Crippen LogP contribution in [-0.2, 0) is 20.8 Å². The van der Waals surface area contributed by atoms with Crippen LogP contribution in [0.4, 0.5) is 0 Å². The molecule has 2 rings (SSSR count). The number of hydrogen-bond donors (Lipinski definition) is 5. The average Bonchev–Trinajstić information content (AvgIpc) is 3.24. The number of H-pyrrole nitrogens is 1. The van der Waals surface area contributed by atoms with Gasteiger partial charge in [0.2, 0.25) is 11.8 Å². The maximum absolute atomic E-state index is 12.7. The predicted molar refractivity (Wildman–Crippen MR) is 126 cm³/mol. The Morgan fingerprint density at radius 2 is 1.60 bits per heavy atom. The molecule has 198 valence electrons. The number of aromatic nitrogens is 2. The van der Waals surface area contributed by atoms with Gasteiger partial charge in [0.25, 0.3) is 5.91 Å². The molecule has 0 radical (unpaired) electrons. The van der Waals surface area contributed by atoms with Gasteiger partial charge >= 0.3 is 5.97 Å². The van der Waals surface area contributed by atoms with Crippen molar-refractivity contribution in [3.63, 3.8) is 0 Å². The zero-order chi connectivity index (χ0) is 22.8. The van der Waals surface area contributed by atoms with Gasteiger partial charge < -0.3 is 47.9 Å². The van der Waals surface area contributed by atoms with Crippen LogP contribution in [0, 0.1) is 5.92 Å². The third-order valence-electron chi connectivity index (χ3n) is 4.39. The summed E-state index contributed by atoms with van der Waals surface area (Å²) in [7, 11) is 0. The Morgan fingerprint density at radius 3 is 2.11 bits per heavy atom. The third-order valence-corrected chi connectivity index (χ3v) is 4.39. The van der Waals surface area contributed by atoms with E-state index in [0.717, 1.165) is 0 Å². The molecule has 0 unspecified atom stereocenters. The number of imidazole rings is 1. The normalized spacial score (nSPS) is 11.2. The van der Waals surface area contributed by atoms with E-state index in [0.29, 0.717) is 11.3 Å². The fraction of sp³-hybridized carbons (Fsp3) is 0.381. The summed E-state index contributed by atoms with van der Waals surface area (Å²) in [6, 6.07) is 6.27. The molecule has 0 fully saturated rings. The lowest BCUT2D eigenvalue weighted by Gasteiger charge is -2.22. The first-order valence-electron chi connectivity index (χ1n) is 9.89. The van der Waals surface area contributed by atoms with Crippen molar-refractivity contribution < 1.29 is 46.2 Å². The number of nitrogens with one attached hydrogen (secondary N) is 4. The molecule has 14 heteroatoms. The fourth-order valence-corrected chi connectivity index (χ4v) is 2.88. The number of carbonyl (C=O) groups is 4. The van der Waals surface area contributed by atoms with Gasteiger partial charge in [0.05, 0.1) is 18.6 Å². The zero-order valence-corrected chi connectivity index (χ0v) is 19.4. The molecule has 2 atom stereocenters. The van der Waals surface area contributed by atoms with Crippen molar-refractivity contribution in [1.29, 1.82) is 0 Å². The number of aromatic amines is 1. The highest BCUT2D eigenvalue weighted by molar-refractivity contribution is 5.97. The largest absolute Gasteiger partial charge is 0.480 e. The molecule has 0 aliphatic carbocycles. The van der Waals surface area contributed by atoms with E-state index in [-0.39, 0.29) is 47.2 Å². The first-order valence-corrected chi connectivity index (χ1v) is 9.89. The van der Waals surface area contributed by atoms with Gasteiger partial charge in [0.1, 0.15) is 12.1 Å². The third kappa shape index (κ3) is 12.3. The topological polar surface area (TPSA) is 279 Å². The summed E-state index contributed by atoms with van der Waals surface area (Å²) in [5.74, 6) is -2.75. The zero-order valence-electron chi connectivity index (χ0n) is 19.4. The minimum atomic E-state index is -1.15. The van der Waals surface area contributed by atoms with E-state index in [1.165, 1.54) is 6.33 Å². The standard InChI is InChI=1S/C21H27N5O5.4H2O/c1-13(2)8-17(21(30)31)26-20(29)16(9-15-10-22-12-24-15)25-18(27)11-23-19(28)14-6-4-3-5-7-14;;;;/h3-7,10,12-13,16-17H,8-9,11H2,1-2H3,(H,22,24)(H,23,28)(H,25,27)(H,26,29)(H,30,31);4*1H2/t16-,17-;;;;/m0..../s1. The molecule has 2 aromatic rings. The van der Waals surface area contributed by atoms with Gasteiger partial charge in [0.15, 0.2) is 0 Å². The van der Waals surface area contributed by atoms with Crippen LogP contribution in [0.1, 0.15) is 36.3 Å². The molecule has 0 saturated carbocycles. The Bertz CT molecular complexity index is 892. The molecule has 0 saturated heterocycles. The van der Waals surface area contributed by atoms with Crippen LogP contribution in [0.3, 0.4) is 0 Å². The van der Waals surface area contributed by atoms with Crippen LogP contribution in [0.2, 0.25) is 0 Å². The summed E-state index contributed by atoms with van der Waals surface area (Å²) in [6.45, 7) is 3.35. The highest BCUT2D eigenvalue weighted by atomic mass is 16.4. The van der Waals surface area contributed by atoms with E-state index >= 15 is 0 Å². The first-order chi connectivity index (χ1) is 14.8. The maximum atomic E-state index is 12.7. The molecule has 0 spiro atoms. The number of carboxylic acids is 1. The van der Waals surface area contributed by atoms with E-state index < -0.39 is 35.8 Å². The van der Waals surface area contributed by atoms with Crippen LogP contribution in [0.5, 0.6) is 0 Å². The SMILES string of the molecule is CC(C)C[C@H](NC(=O)[C@H](Cc1c[nH]cn1)NC(=O)CNC(=O)c1ccccc1)C(=O)O.O.O.O.O.